The Morgan fingerprint density at radius 1 is 0.410 bits per heavy atom. The highest BCUT2D eigenvalue weighted by molar-refractivity contribution is 5.97. The SMILES string of the molecule is COCCCCCCCNC(=O)CC(=O)NC(COCCC(=O)NCCCO[C@@H]1OC(CO)[C@@H](O)[C@H](O)C1C)(COCCC(=O)NCCCO[C@@H]1OC(CO)[C@@H](O)[C@H](O)C1C)COCCC(=O)NCCCO[C@@H]1OC(CO)[C@@H](O)[C@H](O)C1C. The van der Waals surface area contributed by atoms with Crippen molar-refractivity contribution in [3.8, 4) is 0 Å². The molecule has 0 bridgehead atoms. The van der Waals surface area contributed by atoms with Gasteiger partial charge in [0.2, 0.25) is 29.5 Å². The molecular weight excluding hydrogens is 1100 g/mol. The molecule has 0 aromatic rings. The number of carbonyl (C=O) groups is 5. The van der Waals surface area contributed by atoms with Crippen LogP contribution in [0.4, 0.5) is 0 Å². The highest BCUT2D eigenvalue weighted by Gasteiger charge is 2.45. The van der Waals surface area contributed by atoms with Gasteiger partial charge in [0.05, 0.1) is 97.6 Å². The van der Waals surface area contributed by atoms with Gasteiger partial charge < -0.3 is 120 Å². The Morgan fingerprint density at radius 2 is 0.735 bits per heavy atom. The second kappa shape index (κ2) is 41.6. The molecule has 0 radical (unpaired) electrons. The normalized spacial score (nSPS) is 28.9. The van der Waals surface area contributed by atoms with E-state index in [0.717, 1.165) is 25.7 Å². The third-order valence-electron chi connectivity index (χ3n) is 14.5. The number of hydrogen-bond acceptors (Lipinski definition) is 24. The van der Waals surface area contributed by atoms with Crippen molar-refractivity contribution in [2.45, 2.75) is 177 Å². The molecule has 14 N–H and O–H groups in total. The number of amides is 5. The first-order valence-electron chi connectivity index (χ1n) is 29.1. The summed E-state index contributed by atoms with van der Waals surface area (Å²) in [7, 11) is 1.65. The third kappa shape index (κ3) is 27.5. The lowest BCUT2D eigenvalue weighted by Crippen LogP contribution is -2.59. The molecule has 0 aromatic heterocycles. The number of rotatable bonds is 44. The van der Waals surface area contributed by atoms with E-state index in [2.05, 4.69) is 26.6 Å². The zero-order chi connectivity index (χ0) is 61.2. The summed E-state index contributed by atoms with van der Waals surface area (Å²) in [5.41, 5.74) is -1.53. The van der Waals surface area contributed by atoms with Crippen molar-refractivity contribution in [2.75, 3.05) is 119 Å². The summed E-state index contributed by atoms with van der Waals surface area (Å²) in [6.07, 6.45) is -8.44. The average molecular weight is 1200 g/mol. The van der Waals surface area contributed by atoms with Crippen molar-refractivity contribution in [3.05, 3.63) is 0 Å². The van der Waals surface area contributed by atoms with Crippen molar-refractivity contribution in [1.29, 1.82) is 0 Å². The smallest absolute Gasteiger partial charge is 0.230 e. The Hall–Kier alpha value is -3.41. The van der Waals surface area contributed by atoms with Crippen LogP contribution in [0, 0.1) is 17.8 Å². The van der Waals surface area contributed by atoms with Crippen LogP contribution in [0.2, 0.25) is 0 Å². The van der Waals surface area contributed by atoms with Crippen LogP contribution < -0.4 is 26.6 Å². The van der Waals surface area contributed by atoms with E-state index in [-0.39, 0.29) is 116 Å². The monoisotopic (exact) mass is 1200 g/mol. The van der Waals surface area contributed by atoms with Crippen LogP contribution in [0.1, 0.15) is 97.8 Å². The zero-order valence-electron chi connectivity index (χ0n) is 48.8. The first-order valence-corrected chi connectivity index (χ1v) is 29.1. The summed E-state index contributed by atoms with van der Waals surface area (Å²) in [6, 6.07) is 0. The highest BCUT2D eigenvalue weighted by Crippen LogP contribution is 2.29. The first kappa shape index (κ1) is 73.8. The van der Waals surface area contributed by atoms with Gasteiger partial charge in [-0.25, -0.2) is 0 Å². The summed E-state index contributed by atoms with van der Waals surface area (Å²) in [5.74, 6) is -4.14. The molecule has 3 heterocycles. The molecule has 29 heteroatoms. The Morgan fingerprint density at radius 3 is 1.08 bits per heavy atom. The van der Waals surface area contributed by atoms with Crippen LogP contribution in [0.15, 0.2) is 0 Å². The molecule has 29 nitrogen and oxygen atoms in total. The molecule has 3 saturated heterocycles. The summed E-state index contributed by atoms with van der Waals surface area (Å²) >= 11 is 0. The molecule has 3 fully saturated rings. The van der Waals surface area contributed by atoms with Gasteiger partial charge in [-0.1, -0.05) is 40.0 Å². The van der Waals surface area contributed by atoms with Crippen molar-refractivity contribution in [3.63, 3.8) is 0 Å². The summed E-state index contributed by atoms with van der Waals surface area (Å²) in [6.45, 7) is 4.01. The first-order chi connectivity index (χ1) is 39.8. The summed E-state index contributed by atoms with van der Waals surface area (Å²) in [4.78, 5) is 65.4. The predicted octanol–water partition coefficient (Wildman–Crippen LogP) is -4.04. The molecular formula is C54H99N5O24. The molecule has 0 saturated carbocycles. The van der Waals surface area contributed by atoms with E-state index in [0.29, 0.717) is 38.8 Å². The number of nitrogens with one attached hydrogen (secondary N) is 5. The molecule has 484 valence electrons. The van der Waals surface area contributed by atoms with Gasteiger partial charge >= 0.3 is 0 Å². The Kier molecular flexibility index (Phi) is 37.0. The molecule has 0 aliphatic carbocycles. The van der Waals surface area contributed by atoms with Crippen LogP contribution in [0.5, 0.6) is 0 Å². The van der Waals surface area contributed by atoms with Crippen molar-refractivity contribution >= 4 is 29.5 Å². The maximum absolute atomic E-state index is 13.7. The van der Waals surface area contributed by atoms with Crippen LogP contribution in [-0.4, -0.2) is 274 Å². The van der Waals surface area contributed by atoms with E-state index in [1.54, 1.807) is 27.9 Å². The number of unbranched alkanes of at least 4 members (excludes halogenated alkanes) is 4. The van der Waals surface area contributed by atoms with E-state index in [1.807, 2.05) is 0 Å². The van der Waals surface area contributed by atoms with E-state index >= 15 is 0 Å². The van der Waals surface area contributed by atoms with E-state index in [1.165, 1.54) is 0 Å². The topological polar surface area (TPSA) is 420 Å². The van der Waals surface area contributed by atoms with Crippen molar-refractivity contribution < 1.29 is 117 Å². The molecule has 3 rings (SSSR count). The lowest BCUT2D eigenvalue weighted by Gasteiger charge is -2.40. The molecule has 0 spiro atoms. The van der Waals surface area contributed by atoms with Gasteiger partial charge in [0.25, 0.3) is 0 Å². The number of aliphatic hydroxyl groups excluding tert-OH is 9. The van der Waals surface area contributed by atoms with Gasteiger partial charge in [0.1, 0.15) is 48.6 Å². The van der Waals surface area contributed by atoms with Crippen molar-refractivity contribution in [2.24, 2.45) is 17.8 Å². The molecule has 3 aliphatic rings. The highest BCUT2D eigenvalue weighted by atomic mass is 16.7. The average Bonchev–Trinajstić information content (AvgIpc) is 3.64. The minimum absolute atomic E-state index is 0.120. The van der Waals surface area contributed by atoms with Crippen LogP contribution in [0.3, 0.4) is 0 Å². The minimum Gasteiger partial charge on any atom is -0.394 e. The quantitative estimate of drug-likeness (QED) is 0.0204. The number of hydrogen-bond donors (Lipinski definition) is 14. The van der Waals surface area contributed by atoms with Crippen LogP contribution in [0.25, 0.3) is 0 Å². The number of carbonyl (C=O) groups excluding carboxylic acids is 5. The van der Waals surface area contributed by atoms with E-state index < -0.39 is 135 Å². The second-order valence-corrected chi connectivity index (χ2v) is 21.4. The Balaban J connectivity index is 1.61. The standard InChI is InChI=1S/C54H99N5O24/c1-34-45(68)48(71)37(28-60)81-51(34)78-21-10-17-55-40(63)13-24-75-31-54(59-44(67)27-43(66)58-16-8-6-5-7-9-20-74-4,32-76-25-14-41(64)56-18-11-22-79-52-35(2)46(69)49(72)38(29-61)82-52)33-77-26-15-42(65)57-19-12-23-80-53-36(3)47(70)50(73)39(30-62)83-53/h34-39,45-53,60-62,68-73H,5-33H2,1-4H3,(H,55,63)(H,56,64)(H,57,65)(H,58,66)(H,59,67)/t34?,35?,36?,37?,38?,39?,45-,46-,47-,48-,49-,50-,51-,52-,53-,54?/m1/s1. The Bertz CT molecular complexity index is 1650. The number of methoxy groups -OCH3 is 1. The molecule has 0 aromatic carbocycles. The fourth-order valence-electron chi connectivity index (χ4n) is 9.20. The molecule has 5 amide bonds. The number of aliphatic hydroxyl groups is 9. The predicted molar refractivity (Wildman–Crippen MR) is 291 cm³/mol. The third-order valence-corrected chi connectivity index (χ3v) is 14.5. The zero-order valence-corrected chi connectivity index (χ0v) is 48.8. The fourth-order valence-corrected chi connectivity index (χ4v) is 9.20. The maximum Gasteiger partial charge on any atom is 0.230 e. The molecule has 15 atom stereocenters. The molecule has 83 heavy (non-hydrogen) atoms. The Labute approximate surface area is 486 Å². The van der Waals surface area contributed by atoms with E-state index in [4.69, 9.17) is 47.4 Å². The fraction of sp³-hybridized carbons (Fsp3) is 0.907. The summed E-state index contributed by atoms with van der Waals surface area (Å²) in [5, 5.41) is 104. The van der Waals surface area contributed by atoms with Gasteiger partial charge in [-0.05, 0) is 32.1 Å². The van der Waals surface area contributed by atoms with Crippen molar-refractivity contribution in [1.82, 2.24) is 26.6 Å². The molecule has 6 unspecified atom stereocenters. The number of ether oxygens (including phenoxy) is 10. The lowest BCUT2D eigenvalue weighted by molar-refractivity contribution is -0.282. The van der Waals surface area contributed by atoms with E-state index in [9.17, 15) is 69.9 Å². The lowest BCUT2D eigenvalue weighted by atomic mass is 9.92. The maximum atomic E-state index is 13.7. The van der Waals surface area contributed by atoms with Crippen LogP contribution >= 0.6 is 0 Å². The van der Waals surface area contributed by atoms with Gasteiger partial charge in [-0.2, -0.15) is 0 Å². The van der Waals surface area contributed by atoms with Gasteiger partial charge in [0, 0.05) is 76.9 Å². The largest absolute Gasteiger partial charge is 0.394 e. The summed E-state index contributed by atoms with van der Waals surface area (Å²) < 4.78 is 57.0. The van der Waals surface area contributed by atoms with Gasteiger partial charge in [0.15, 0.2) is 18.9 Å². The van der Waals surface area contributed by atoms with Gasteiger partial charge in [-0.3, -0.25) is 24.0 Å². The minimum atomic E-state index is -1.53. The molecule has 3 aliphatic heterocycles. The second-order valence-electron chi connectivity index (χ2n) is 21.4. The van der Waals surface area contributed by atoms with Crippen LogP contribution in [-0.2, 0) is 71.3 Å². The van der Waals surface area contributed by atoms with Gasteiger partial charge in [-0.15, -0.1) is 0 Å².